The molecule has 2 aromatic heterocycles. The molecule has 1 N–H and O–H groups in total. The molecule has 0 fully saturated rings. The molecule has 2 aromatic rings. The molecule has 0 bridgehead atoms. The van der Waals surface area contributed by atoms with Gasteiger partial charge in [-0.25, -0.2) is 9.78 Å². The third kappa shape index (κ3) is 3.01. The summed E-state index contributed by atoms with van der Waals surface area (Å²) in [6.45, 7) is 6.90. The first-order valence-electron chi connectivity index (χ1n) is 6.27. The van der Waals surface area contributed by atoms with E-state index in [1.165, 1.54) is 11.3 Å². The van der Waals surface area contributed by atoms with Crippen molar-refractivity contribution < 1.29 is 9.90 Å². The minimum absolute atomic E-state index is 0.341. The van der Waals surface area contributed by atoms with Gasteiger partial charge in [-0.15, -0.1) is 11.3 Å². The highest BCUT2D eigenvalue weighted by Gasteiger charge is 2.19. The fourth-order valence-electron chi connectivity index (χ4n) is 1.81. The van der Waals surface area contributed by atoms with Gasteiger partial charge < -0.3 is 5.11 Å². The quantitative estimate of drug-likeness (QED) is 0.913. The molecule has 0 aliphatic heterocycles. The van der Waals surface area contributed by atoms with Crippen molar-refractivity contribution in [3.05, 3.63) is 23.0 Å². The van der Waals surface area contributed by atoms with E-state index in [1.54, 1.807) is 10.9 Å². The zero-order chi connectivity index (χ0) is 14.0. The minimum Gasteiger partial charge on any atom is -0.477 e. The zero-order valence-electron chi connectivity index (χ0n) is 11.3. The summed E-state index contributed by atoms with van der Waals surface area (Å²) >= 11 is 1.22. The second kappa shape index (κ2) is 5.52. The van der Waals surface area contributed by atoms with E-state index in [1.807, 2.05) is 13.1 Å². The van der Waals surface area contributed by atoms with Crippen LogP contribution in [0.3, 0.4) is 0 Å². The number of carboxylic acids is 1. The number of aromatic nitrogens is 3. The van der Waals surface area contributed by atoms with E-state index in [2.05, 4.69) is 23.9 Å². The molecule has 0 aliphatic rings. The van der Waals surface area contributed by atoms with Gasteiger partial charge in [0.15, 0.2) is 0 Å². The van der Waals surface area contributed by atoms with E-state index in [0.717, 1.165) is 17.1 Å². The second-order valence-corrected chi connectivity index (χ2v) is 5.78. The van der Waals surface area contributed by atoms with E-state index in [-0.39, 0.29) is 0 Å². The SMILES string of the molecule is CCn1cc(-c2nc(CC(C)C)c(C(=O)O)s2)cn1. The van der Waals surface area contributed by atoms with Crippen LogP contribution in [0, 0.1) is 5.92 Å². The Balaban J connectivity index is 2.39. The predicted octanol–water partition coefficient (Wildman–Crippen LogP) is 2.92. The fourth-order valence-corrected chi connectivity index (χ4v) is 2.72. The van der Waals surface area contributed by atoms with Crippen LogP contribution >= 0.6 is 11.3 Å². The van der Waals surface area contributed by atoms with Gasteiger partial charge in [0.2, 0.25) is 0 Å². The molecule has 19 heavy (non-hydrogen) atoms. The smallest absolute Gasteiger partial charge is 0.347 e. The molecule has 6 heteroatoms. The van der Waals surface area contributed by atoms with Gasteiger partial charge in [0.25, 0.3) is 0 Å². The van der Waals surface area contributed by atoms with Crippen LogP contribution in [0.4, 0.5) is 0 Å². The Kier molecular flexibility index (Phi) is 3.99. The van der Waals surface area contributed by atoms with E-state index in [4.69, 9.17) is 0 Å². The Morgan fingerprint density at radius 1 is 1.53 bits per heavy atom. The Bertz CT molecular complexity index is 586. The van der Waals surface area contributed by atoms with E-state index in [9.17, 15) is 9.90 Å². The predicted molar refractivity (Wildman–Crippen MR) is 74.5 cm³/mol. The Labute approximate surface area is 115 Å². The van der Waals surface area contributed by atoms with Gasteiger partial charge in [0, 0.05) is 18.3 Å². The lowest BCUT2D eigenvalue weighted by Gasteiger charge is -2.01. The van der Waals surface area contributed by atoms with Gasteiger partial charge >= 0.3 is 5.97 Å². The van der Waals surface area contributed by atoms with Crippen LogP contribution in [0.2, 0.25) is 0 Å². The lowest BCUT2D eigenvalue weighted by atomic mass is 10.1. The third-order valence-corrected chi connectivity index (χ3v) is 3.83. The zero-order valence-corrected chi connectivity index (χ0v) is 12.1. The molecule has 0 aliphatic carbocycles. The maximum absolute atomic E-state index is 11.3. The summed E-state index contributed by atoms with van der Waals surface area (Å²) < 4.78 is 1.80. The third-order valence-electron chi connectivity index (χ3n) is 2.70. The molecule has 2 rings (SSSR count). The van der Waals surface area contributed by atoms with Crippen molar-refractivity contribution in [2.75, 3.05) is 0 Å². The van der Waals surface area contributed by atoms with Gasteiger partial charge in [-0.3, -0.25) is 4.68 Å². The monoisotopic (exact) mass is 279 g/mol. The van der Waals surface area contributed by atoms with Crippen LogP contribution in [0.15, 0.2) is 12.4 Å². The van der Waals surface area contributed by atoms with Crippen LogP contribution < -0.4 is 0 Å². The van der Waals surface area contributed by atoms with Crippen LogP contribution in [-0.4, -0.2) is 25.8 Å². The lowest BCUT2D eigenvalue weighted by Crippen LogP contribution is -2.02. The largest absolute Gasteiger partial charge is 0.477 e. The normalized spacial score (nSPS) is 11.2. The van der Waals surface area contributed by atoms with Crippen molar-refractivity contribution in [3.63, 3.8) is 0 Å². The average molecular weight is 279 g/mol. The van der Waals surface area contributed by atoms with Crippen molar-refractivity contribution >= 4 is 17.3 Å². The molecule has 5 nitrogen and oxygen atoms in total. The van der Waals surface area contributed by atoms with Gasteiger partial charge in [-0.05, 0) is 19.3 Å². The average Bonchev–Trinajstić information content (AvgIpc) is 2.93. The van der Waals surface area contributed by atoms with Crippen molar-refractivity contribution in [2.45, 2.75) is 33.7 Å². The summed E-state index contributed by atoms with van der Waals surface area (Å²) in [4.78, 5) is 16.1. The van der Waals surface area contributed by atoms with Crippen LogP contribution in [-0.2, 0) is 13.0 Å². The molecule has 0 amide bonds. The van der Waals surface area contributed by atoms with Gasteiger partial charge in [-0.2, -0.15) is 5.10 Å². The number of nitrogens with zero attached hydrogens (tertiary/aromatic N) is 3. The number of thiazole rings is 1. The highest BCUT2D eigenvalue weighted by molar-refractivity contribution is 7.17. The van der Waals surface area contributed by atoms with Gasteiger partial charge in [0.05, 0.1) is 11.9 Å². The summed E-state index contributed by atoms with van der Waals surface area (Å²) in [5.41, 5.74) is 1.55. The summed E-state index contributed by atoms with van der Waals surface area (Å²) in [5.74, 6) is -0.520. The standard InChI is InChI=1S/C13H17N3O2S/c1-4-16-7-9(6-14-16)12-15-10(5-8(2)3)11(19-12)13(17)18/h6-8H,4-5H2,1-3H3,(H,17,18). The number of hydrogen-bond acceptors (Lipinski definition) is 4. The Morgan fingerprint density at radius 3 is 2.79 bits per heavy atom. The van der Waals surface area contributed by atoms with Crippen LogP contribution in [0.1, 0.15) is 36.1 Å². The molecule has 0 radical (unpaired) electrons. The van der Waals surface area contributed by atoms with Crippen molar-refractivity contribution in [3.8, 4) is 10.6 Å². The first-order chi connectivity index (χ1) is 9.01. The molecular weight excluding hydrogens is 262 g/mol. The molecule has 102 valence electrons. The number of hydrogen-bond donors (Lipinski definition) is 1. The van der Waals surface area contributed by atoms with Crippen LogP contribution in [0.25, 0.3) is 10.6 Å². The number of aromatic carboxylic acids is 1. The second-order valence-electron chi connectivity index (χ2n) is 4.78. The summed E-state index contributed by atoms with van der Waals surface area (Å²) in [6.07, 6.45) is 4.30. The maximum atomic E-state index is 11.3. The van der Waals surface area contributed by atoms with Crippen molar-refractivity contribution in [1.29, 1.82) is 0 Å². The summed E-state index contributed by atoms with van der Waals surface area (Å²) in [6, 6.07) is 0. The van der Waals surface area contributed by atoms with E-state index < -0.39 is 5.97 Å². The van der Waals surface area contributed by atoms with Crippen LogP contribution in [0.5, 0.6) is 0 Å². The first-order valence-corrected chi connectivity index (χ1v) is 7.08. The molecule has 2 heterocycles. The minimum atomic E-state index is -0.901. The topological polar surface area (TPSA) is 68.0 Å². The first kappa shape index (κ1) is 13.7. The molecule has 0 aromatic carbocycles. The Hall–Kier alpha value is -1.69. The summed E-state index contributed by atoms with van der Waals surface area (Å²) in [5, 5.41) is 14.2. The van der Waals surface area contributed by atoms with Gasteiger partial charge in [-0.1, -0.05) is 13.8 Å². The molecule has 0 atom stereocenters. The summed E-state index contributed by atoms with van der Waals surface area (Å²) in [7, 11) is 0. The molecule has 0 saturated carbocycles. The number of rotatable bonds is 5. The van der Waals surface area contributed by atoms with Crippen molar-refractivity contribution in [2.24, 2.45) is 5.92 Å². The molecular formula is C13H17N3O2S. The van der Waals surface area contributed by atoms with E-state index >= 15 is 0 Å². The molecule has 0 unspecified atom stereocenters. The number of carbonyl (C=O) groups is 1. The number of aryl methyl sites for hydroxylation is 1. The lowest BCUT2D eigenvalue weighted by molar-refractivity contribution is 0.0700. The molecule has 0 spiro atoms. The Morgan fingerprint density at radius 2 is 2.26 bits per heavy atom. The highest BCUT2D eigenvalue weighted by Crippen LogP contribution is 2.29. The fraction of sp³-hybridized carbons (Fsp3) is 0.462. The maximum Gasteiger partial charge on any atom is 0.347 e. The van der Waals surface area contributed by atoms with Gasteiger partial charge in [0.1, 0.15) is 9.88 Å². The highest BCUT2D eigenvalue weighted by atomic mass is 32.1. The molecule has 0 saturated heterocycles. The van der Waals surface area contributed by atoms with E-state index in [0.29, 0.717) is 22.9 Å². The number of carboxylic acid groups (broad SMARTS) is 1. The van der Waals surface area contributed by atoms with Crippen molar-refractivity contribution in [1.82, 2.24) is 14.8 Å².